The molecule has 0 aromatic carbocycles. The van der Waals surface area contributed by atoms with Crippen molar-refractivity contribution in [2.75, 3.05) is 18.8 Å². The van der Waals surface area contributed by atoms with Crippen LogP contribution in [0.5, 0.6) is 0 Å². The van der Waals surface area contributed by atoms with Crippen LogP contribution >= 0.6 is 11.8 Å². The van der Waals surface area contributed by atoms with Gasteiger partial charge in [0, 0.05) is 24.1 Å². The topological polar surface area (TPSA) is 70.5 Å². The van der Waals surface area contributed by atoms with Crippen molar-refractivity contribution in [1.82, 2.24) is 9.88 Å². The summed E-state index contributed by atoms with van der Waals surface area (Å²) < 4.78 is 0. The molecule has 1 aliphatic rings. The Labute approximate surface area is 122 Å². The third kappa shape index (κ3) is 3.12. The van der Waals surface area contributed by atoms with Crippen molar-refractivity contribution in [3.05, 3.63) is 29.1 Å². The molecule has 2 rings (SSSR count). The Kier molecular flexibility index (Phi) is 4.65. The van der Waals surface area contributed by atoms with Crippen LogP contribution in [0.15, 0.2) is 12.1 Å². The van der Waals surface area contributed by atoms with Gasteiger partial charge in [0.05, 0.1) is 11.3 Å². The first-order chi connectivity index (χ1) is 9.52. The molecule has 0 saturated carbocycles. The van der Waals surface area contributed by atoms with E-state index in [9.17, 15) is 9.59 Å². The monoisotopic (exact) mass is 294 g/mol. The van der Waals surface area contributed by atoms with E-state index in [1.54, 1.807) is 6.92 Å². The Morgan fingerprint density at radius 2 is 2.25 bits per heavy atom. The van der Waals surface area contributed by atoms with Gasteiger partial charge in [-0.1, -0.05) is 6.92 Å². The van der Waals surface area contributed by atoms with Crippen LogP contribution in [0.2, 0.25) is 0 Å². The third-order valence-corrected chi connectivity index (χ3v) is 4.79. The van der Waals surface area contributed by atoms with Gasteiger partial charge in [0.1, 0.15) is 5.69 Å². The predicted molar refractivity (Wildman–Crippen MR) is 78.4 cm³/mol. The maximum Gasteiger partial charge on any atom is 0.337 e. The number of aromatic carboxylic acids is 1. The number of hydrogen-bond acceptors (Lipinski definition) is 4. The highest BCUT2D eigenvalue weighted by Gasteiger charge is 2.25. The molecule has 0 radical (unpaired) electrons. The highest BCUT2D eigenvalue weighted by molar-refractivity contribution is 8.00. The quantitative estimate of drug-likeness (QED) is 0.924. The fourth-order valence-electron chi connectivity index (χ4n) is 2.22. The Hall–Kier alpha value is -1.56. The van der Waals surface area contributed by atoms with Crippen molar-refractivity contribution in [2.45, 2.75) is 25.5 Å². The van der Waals surface area contributed by atoms with Crippen LogP contribution < -0.4 is 0 Å². The lowest BCUT2D eigenvalue weighted by Crippen LogP contribution is -2.42. The molecule has 0 aliphatic carbocycles. The van der Waals surface area contributed by atoms with E-state index >= 15 is 0 Å². The molecule has 1 atom stereocenters. The molecule has 0 spiro atoms. The minimum absolute atomic E-state index is 0.108. The van der Waals surface area contributed by atoms with Gasteiger partial charge in [0.2, 0.25) is 0 Å². The largest absolute Gasteiger partial charge is 0.478 e. The molecule has 2 heterocycles. The van der Waals surface area contributed by atoms with E-state index in [-0.39, 0.29) is 11.5 Å². The van der Waals surface area contributed by atoms with Gasteiger partial charge in [-0.3, -0.25) is 4.79 Å². The maximum absolute atomic E-state index is 12.4. The van der Waals surface area contributed by atoms with Crippen molar-refractivity contribution >= 4 is 23.6 Å². The maximum atomic E-state index is 12.4. The molecular formula is C14H18N2O3S. The first-order valence-corrected chi connectivity index (χ1v) is 7.69. The van der Waals surface area contributed by atoms with Gasteiger partial charge in [0.15, 0.2) is 0 Å². The van der Waals surface area contributed by atoms with Gasteiger partial charge >= 0.3 is 5.97 Å². The SMILES string of the molecule is CCC1CN(C(=O)c2ccc(C(=O)O)c(C)n2)CCS1. The number of rotatable bonds is 3. The molecule has 1 aliphatic heterocycles. The van der Waals surface area contributed by atoms with Crippen molar-refractivity contribution in [3.63, 3.8) is 0 Å². The molecule has 108 valence electrons. The average molecular weight is 294 g/mol. The smallest absolute Gasteiger partial charge is 0.337 e. The van der Waals surface area contributed by atoms with Gasteiger partial charge in [0.25, 0.3) is 5.91 Å². The minimum atomic E-state index is -1.02. The number of carboxylic acid groups (broad SMARTS) is 1. The number of aromatic nitrogens is 1. The van der Waals surface area contributed by atoms with E-state index in [1.807, 2.05) is 16.7 Å². The van der Waals surface area contributed by atoms with E-state index in [4.69, 9.17) is 5.11 Å². The zero-order valence-electron chi connectivity index (χ0n) is 11.6. The molecule has 1 saturated heterocycles. The van der Waals surface area contributed by atoms with Gasteiger partial charge in [-0.15, -0.1) is 0 Å². The van der Waals surface area contributed by atoms with Crippen LogP contribution in [-0.2, 0) is 0 Å². The van der Waals surface area contributed by atoms with E-state index < -0.39 is 5.97 Å². The van der Waals surface area contributed by atoms with Crippen LogP contribution in [0.3, 0.4) is 0 Å². The van der Waals surface area contributed by atoms with Gasteiger partial charge in [-0.25, -0.2) is 9.78 Å². The van der Waals surface area contributed by atoms with Crippen molar-refractivity contribution in [3.8, 4) is 0 Å². The number of hydrogen-bond donors (Lipinski definition) is 1. The van der Waals surface area contributed by atoms with Gasteiger partial charge in [-0.2, -0.15) is 11.8 Å². The summed E-state index contributed by atoms with van der Waals surface area (Å²) in [6.45, 7) is 5.19. The molecule has 1 amide bonds. The number of carbonyl (C=O) groups is 2. The number of thioether (sulfide) groups is 1. The number of nitrogens with zero attached hydrogens (tertiary/aromatic N) is 2. The fraction of sp³-hybridized carbons (Fsp3) is 0.500. The number of pyridine rings is 1. The molecule has 5 nitrogen and oxygen atoms in total. The predicted octanol–water partition coefficient (Wildman–Crippen LogP) is 2.06. The molecule has 1 fully saturated rings. The van der Waals surface area contributed by atoms with Gasteiger partial charge < -0.3 is 10.0 Å². The second-order valence-corrected chi connectivity index (χ2v) is 6.20. The van der Waals surface area contributed by atoms with Crippen molar-refractivity contribution < 1.29 is 14.7 Å². The second kappa shape index (κ2) is 6.26. The molecule has 1 unspecified atom stereocenters. The van der Waals surface area contributed by atoms with E-state index in [1.165, 1.54) is 12.1 Å². The highest BCUT2D eigenvalue weighted by atomic mass is 32.2. The summed E-state index contributed by atoms with van der Waals surface area (Å²) in [5.41, 5.74) is 0.846. The van der Waals surface area contributed by atoms with Gasteiger partial charge in [-0.05, 0) is 25.5 Å². The molecule has 1 aromatic heterocycles. The zero-order valence-corrected chi connectivity index (χ0v) is 12.4. The normalized spacial score (nSPS) is 18.9. The van der Waals surface area contributed by atoms with Crippen LogP contribution in [0, 0.1) is 6.92 Å². The fourth-order valence-corrected chi connectivity index (χ4v) is 3.40. The second-order valence-electron chi connectivity index (χ2n) is 4.79. The zero-order chi connectivity index (χ0) is 14.7. The first kappa shape index (κ1) is 14.8. The Morgan fingerprint density at radius 3 is 2.85 bits per heavy atom. The summed E-state index contributed by atoms with van der Waals surface area (Å²) in [5, 5.41) is 9.45. The molecule has 0 bridgehead atoms. The van der Waals surface area contributed by atoms with E-state index in [0.29, 0.717) is 16.6 Å². The average Bonchev–Trinajstić information content (AvgIpc) is 2.46. The lowest BCUT2D eigenvalue weighted by atomic mass is 10.1. The lowest BCUT2D eigenvalue weighted by molar-refractivity contribution is 0.0691. The first-order valence-electron chi connectivity index (χ1n) is 6.64. The summed E-state index contributed by atoms with van der Waals surface area (Å²) in [6, 6.07) is 2.95. The van der Waals surface area contributed by atoms with Crippen LogP contribution in [0.4, 0.5) is 0 Å². The third-order valence-electron chi connectivity index (χ3n) is 3.42. The highest BCUT2D eigenvalue weighted by Crippen LogP contribution is 2.22. The minimum Gasteiger partial charge on any atom is -0.478 e. The van der Waals surface area contributed by atoms with E-state index in [0.717, 1.165) is 25.3 Å². The molecule has 6 heteroatoms. The Balaban J connectivity index is 2.17. The number of aryl methyl sites for hydroxylation is 1. The van der Waals surface area contributed by atoms with Crippen molar-refractivity contribution in [1.29, 1.82) is 0 Å². The van der Waals surface area contributed by atoms with E-state index in [2.05, 4.69) is 11.9 Å². The van der Waals surface area contributed by atoms with Crippen LogP contribution in [-0.4, -0.2) is 51.0 Å². The Morgan fingerprint density at radius 1 is 1.50 bits per heavy atom. The lowest BCUT2D eigenvalue weighted by Gasteiger charge is -2.31. The summed E-state index contributed by atoms with van der Waals surface area (Å²) in [7, 11) is 0. The summed E-state index contributed by atoms with van der Waals surface area (Å²) in [4.78, 5) is 29.3. The van der Waals surface area contributed by atoms with Crippen molar-refractivity contribution in [2.24, 2.45) is 0 Å². The molecule has 20 heavy (non-hydrogen) atoms. The van der Waals surface area contributed by atoms with Crippen LogP contribution in [0.25, 0.3) is 0 Å². The summed E-state index contributed by atoms with van der Waals surface area (Å²) >= 11 is 1.90. The van der Waals surface area contributed by atoms with Crippen LogP contribution in [0.1, 0.15) is 39.9 Å². The standard InChI is InChI=1S/C14H18N2O3S/c1-3-10-8-16(6-7-20-10)13(17)12-5-4-11(14(18)19)9(2)15-12/h4-5,10H,3,6-8H2,1-2H3,(H,18,19). The summed E-state index contributed by atoms with van der Waals surface area (Å²) in [6.07, 6.45) is 1.04. The molecule has 1 N–H and O–H groups in total. The number of carbonyl (C=O) groups excluding carboxylic acids is 1. The number of carboxylic acids is 1. The molecule has 1 aromatic rings. The summed E-state index contributed by atoms with van der Waals surface area (Å²) in [5.74, 6) is -0.186. The molecular weight excluding hydrogens is 276 g/mol. The Bertz CT molecular complexity index is 533. The number of amides is 1.